The lowest BCUT2D eigenvalue weighted by atomic mass is 10.1. The first-order valence-electron chi connectivity index (χ1n) is 17.9. The minimum absolute atomic E-state index is 1.14. The molecule has 12 rings (SSSR count). The van der Waals surface area contributed by atoms with E-state index in [0.29, 0.717) is 0 Å². The molecule has 4 aromatic heterocycles. The van der Waals surface area contributed by atoms with Gasteiger partial charge in [-0.05, 0) is 84.9 Å². The Hall–Kier alpha value is -7.04. The molecule has 4 heteroatoms. The lowest BCUT2D eigenvalue weighted by Crippen LogP contribution is -1.96. The zero-order valence-corrected chi connectivity index (χ0v) is 28.1. The van der Waals surface area contributed by atoms with Gasteiger partial charge < -0.3 is 18.7 Å². The van der Waals surface area contributed by atoms with Crippen LogP contribution < -0.4 is 0 Å². The molecule has 0 aliphatic rings. The maximum absolute atomic E-state index is 3.61. The lowest BCUT2D eigenvalue weighted by Gasteiger charge is -2.11. The molecule has 0 spiro atoms. The number of hydrogen-bond acceptors (Lipinski definition) is 0. The summed E-state index contributed by atoms with van der Waals surface area (Å²) in [4.78, 5) is 3.61. The van der Waals surface area contributed by atoms with E-state index < -0.39 is 0 Å². The molecule has 52 heavy (non-hydrogen) atoms. The Kier molecular flexibility index (Phi) is 5.47. The Balaban J connectivity index is 1.18. The standard InChI is InChI=1S/C48H30N4/c1-6-16-41-33(11-1)38-27-30(21-24-42(38)49-41)52-47-25-22-31(50-43-17-7-2-12-34(43)35-13-3-8-18-44(35)50)28-39(47)40-29-32(23-26-48(40)52)51-45-19-9-4-14-36(45)37-15-5-10-20-46(37)51/h1-29,49H. The van der Waals surface area contributed by atoms with E-state index in [9.17, 15) is 0 Å². The fourth-order valence-electron chi connectivity index (χ4n) is 8.93. The van der Waals surface area contributed by atoms with Crippen molar-refractivity contribution in [1.29, 1.82) is 0 Å². The van der Waals surface area contributed by atoms with Crippen LogP contribution >= 0.6 is 0 Å². The monoisotopic (exact) mass is 662 g/mol. The highest BCUT2D eigenvalue weighted by Crippen LogP contribution is 2.40. The zero-order valence-electron chi connectivity index (χ0n) is 28.1. The van der Waals surface area contributed by atoms with E-state index in [2.05, 4.69) is 195 Å². The fraction of sp³-hybridized carbons (Fsp3) is 0. The average Bonchev–Trinajstić information content (AvgIpc) is 3.93. The number of aromatic nitrogens is 4. The van der Waals surface area contributed by atoms with Crippen molar-refractivity contribution < 1.29 is 0 Å². The van der Waals surface area contributed by atoms with Crippen LogP contribution in [0.1, 0.15) is 0 Å². The predicted octanol–water partition coefficient (Wildman–Crippen LogP) is 12.6. The minimum atomic E-state index is 1.14. The molecule has 0 radical (unpaired) electrons. The van der Waals surface area contributed by atoms with Gasteiger partial charge in [-0.2, -0.15) is 0 Å². The van der Waals surface area contributed by atoms with E-state index in [1.54, 1.807) is 0 Å². The number of fused-ring (bicyclic) bond motifs is 12. The zero-order chi connectivity index (χ0) is 33.9. The highest BCUT2D eigenvalue weighted by atomic mass is 15.0. The largest absolute Gasteiger partial charge is 0.355 e. The molecule has 4 heterocycles. The topological polar surface area (TPSA) is 30.6 Å². The molecular formula is C48H30N4. The number of aromatic amines is 1. The number of para-hydroxylation sites is 5. The van der Waals surface area contributed by atoms with Gasteiger partial charge >= 0.3 is 0 Å². The SMILES string of the molecule is c1ccc2c(c1)[nH]c1ccc(-n3c4ccc(-n5c6ccccc6c6ccccc65)cc4c4cc(-n5c6ccccc6c6ccccc65)ccc43)cc12. The van der Waals surface area contributed by atoms with Crippen LogP contribution in [0, 0.1) is 0 Å². The summed E-state index contributed by atoms with van der Waals surface area (Å²) in [6.07, 6.45) is 0. The second kappa shape index (κ2) is 10.3. The number of benzene rings is 8. The van der Waals surface area contributed by atoms with Crippen molar-refractivity contribution in [2.24, 2.45) is 0 Å². The summed E-state index contributed by atoms with van der Waals surface area (Å²) in [6.45, 7) is 0. The fourth-order valence-corrected chi connectivity index (χ4v) is 8.93. The Bertz CT molecular complexity index is 3140. The first-order valence-corrected chi connectivity index (χ1v) is 17.9. The van der Waals surface area contributed by atoms with Gasteiger partial charge in [-0.1, -0.05) is 91.0 Å². The Morgan fingerprint density at radius 1 is 0.250 bits per heavy atom. The Morgan fingerprint density at radius 3 is 1.04 bits per heavy atom. The molecule has 0 saturated carbocycles. The van der Waals surface area contributed by atoms with Crippen LogP contribution in [0.2, 0.25) is 0 Å². The summed E-state index contributed by atoms with van der Waals surface area (Å²) in [5, 5.41) is 9.96. The Morgan fingerprint density at radius 2 is 0.577 bits per heavy atom. The van der Waals surface area contributed by atoms with Crippen LogP contribution in [-0.2, 0) is 0 Å². The summed E-state index contributed by atoms with van der Waals surface area (Å²) in [5.74, 6) is 0. The molecule has 1 N–H and O–H groups in total. The molecular weight excluding hydrogens is 633 g/mol. The molecule has 0 aliphatic carbocycles. The third kappa shape index (κ3) is 3.70. The molecule has 0 aliphatic heterocycles. The number of rotatable bonds is 3. The number of hydrogen-bond donors (Lipinski definition) is 1. The summed E-state index contributed by atoms with van der Waals surface area (Å²) < 4.78 is 7.28. The molecule has 8 aromatic carbocycles. The van der Waals surface area contributed by atoms with Crippen molar-refractivity contribution in [3.63, 3.8) is 0 Å². The average molecular weight is 663 g/mol. The highest BCUT2D eigenvalue weighted by molar-refractivity contribution is 6.15. The van der Waals surface area contributed by atoms with Gasteiger partial charge in [0.15, 0.2) is 0 Å². The van der Waals surface area contributed by atoms with Crippen LogP contribution in [0.4, 0.5) is 0 Å². The highest BCUT2D eigenvalue weighted by Gasteiger charge is 2.19. The summed E-state index contributed by atoms with van der Waals surface area (Å²) >= 11 is 0. The summed E-state index contributed by atoms with van der Waals surface area (Å²) in [7, 11) is 0. The molecule has 0 atom stereocenters. The normalized spacial score (nSPS) is 12.2. The maximum atomic E-state index is 3.61. The minimum Gasteiger partial charge on any atom is -0.355 e. The van der Waals surface area contributed by atoms with Gasteiger partial charge in [0.2, 0.25) is 0 Å². The van der Waals surface area contributed by atoms with Crippen molar-refractivity contribution >= 4 is 87.2 Å². The molecule has 0 fully saturated rings. The van der Waals surface area contributed by atoms with Crippen LogP contribution in [0.5, 0.6) is 0 Å². The summed E-state index contributed by atoms with van der Waals surface area (Å²) in [5.41, 5.74) is 12.9. The predicted molar refractivity (Wildman–Crippen MR) is 219 cm³/mol. The molecule has 4 nitrogen and oxygen atoms in total. The van der Waals surface area contributed by atoms with Gasteiger partial charge in [-0.3, -0.25) is 0 Å². The summed E-state index contributed by atoms with van der Waals surface area (Å²) in [6, 6.07) is 64.4. The molecule has 0 saturated heterocycles. The van der Waals surface area contributed by atoms with Gasteiger partial charge in [-0.15, -0.1) is 0 Å². The number of nitrogens with one attached hydrogen (secondary N) is 1. The quantitative estimate of drug-likeness (QED) is 0.195. The second-order valence-electron chi connectivity index (χ2n) is 13.9. The van der Waals surface area contributed by atoms with Crippen molar-refractivity contribution in [3.8, 4) is 17.1 Å². The molecule has 0 bridgehead atoms. The Labute approximate surface area is 298 Å². The van der Waals surface area contributed by atoms with Crippen molar-refractivity contribution in [2.45, 2.75) is 0 Å². The van der Waals surface area contributed by atoms with Gasteiger partial charge in [0.25, 0.3) is 0 Å². The van der Waals surface area contributed by atoms with E-state index in [0.717, 1.165) is 28.1 Å². The third-order valence-electron chi connectivity index (χ3n) is 11.2. The molecule has 12 aromatic rings. The molecule has 242 valence electrons. The van der Waals surface area contributed by atoms with E-state index in [-0.39, 0.29) is 0 Å². The third-order valence-corrected chi connectivity index (χ3v) is 11.2. The maximum Gasteiger partial charge on any atom is 0.0542 e. The second-order valence-corrected chi connectivity index (χ2v) is 13.9. The van der Waals surface area contributed by atoms with Crippen molar-refractivity contribution in [3.05, 3.63) is 176 Å². The van der Waals surface area contributed by atoms with Crippen LogP contribution in [-0.4, -0.2) is 18.7 Å². The van der Waals surface area contributed by atoms with E-state index in [4.69, 9.17) is 0 Å². The van der Waals surface area contributed by atoms with Gasteiger partial charge in [-0.25, -0.2) is 0 Å². The van der Waals surface area contributed by atoms with Gasteiger partial charge in [0, 0.05) is 71.2 Å². The van der Waals surface area contributed by atoms with E-state index in [1.165, 1.54) is 76.2 Å². The van der Waals surface area contributed by atoms with Crippen LogP contribution in [0.3, 0.4) is 0 Å². The van der Waals surface area contributed by atoms with E-state index >= 15 is 0 Å². The molecule has 0 amide bonds. The van der Waals surface area contributed by atoms with Crippen molar-refractivity contribution in [2.75, 3.05) is 0 Å². The number of nitrogens with zero attached hydrogens (tertiary/aromatic N) is 3. The van der Waals surface area contributed by atoms with E-state index in [1.807, 2.05) is 0 Å². The van der Waals surface area contributed by atoms with Crippen LogP contribution in [0.25, 0.3) is 104 Å². The van der Waals surface area contributed by atoms with Gasteiger partial charge in [0.05, 0.1) is 33.1 Å². The first kappa shape index (κ1) is 27.7. The molecule has 0 unspecified atom stereocenters. The smallest absolute Gasteiger partial charge is 0.0542 e. The number of H-pyrrole nitrogens is 1. The van der Waals surface area contributed by atoms with Crippen LogP contribution in [0.15, 0.2) is 176 Å². The van der Waals surface area contributed by atoms with Gasteiger partial charge in [0.1, 0.15) is 0 Å². The van der Waals surface area contributed by atoms with Crippen molar-refractivity contribution in [1.82, 2.24) is 18.7 Å². The lowest BCUT2D eigenvalue weighted by molar-refractivity contribution is 1.16. The first-order chi connectivity index (χ1) is 25.8.